The molecule has 1 aliphatic carbocycles. The van der Waals surface area contributed by atoms with Crippen LogP contribution in [0.25, 0.3) is 11.0 Å². The number of benzene rings is 1. The second kappa shape index (κ2) is 4.49. The Balaban J connectivity index is 2.17. The molecule has 1 aromatic heterocycles. The predicted molar refractivity (Wildman–Crippen MR) is 81.4 cm³/mol. The van der Waals surface area contributed by atoms with E-state index in [2.05, 4.69) is 57.5 Å². The van der Waals surface area contributed by atoms with Crippen LogP contribution in [0.15, 0.2) is 22.7 Å². The number of aromatic nitrogens is 2. The molecule has 3 rings (SSSR count). The second-order valence-corrected chi connectivity index (χ2v) is 6.75. The molecule has 1 saturated carbocycles. The molecule has 0 saturated heterocycles. The zero-order chi connectivity index (χ0) is 12.9. The maximum absolute atomic E-state index is 5.52. The third-order valence-electron chi connectivity index (χ3n) is 4.43. The van der Waals surface area contributed by atoms with E-state index in [1.165, 1.54) is 18.4 Å². The molecule has 1 N–H and O–H groups in total. The van der Waals surface area contributed by atoms with Gasteiger partial charge in [0.05, 0.1) is 11.0 Å². The first-order valence-electron chi connectivity index (χ1n) is 6.47. The Bertz CT molecular complexity index is 643. The minimum atomic E-state index is 0.544. The minimum absolute atomic E-state index is 0.544. The van der Waals surface area contributed by atoms with Crippen molar-refractivity contribution in [3.63, 3.8) is 0 Å². The van der Waals surface area contributed by atoms with E-state index in [4.69, 9.17) is 12.2 Å². The lowest BCUT2D eigenvalue weighted by molar-refractivity contribution is 0.356. The van der Waals surface area contributed by atoms with Crippen molar-refractivity contribution in [2.24, 2.45) is 11.8 Å². The van der Waals surface area contributed by atoms with E-state index in [1.807, 2.05) is 0 Å². The molecular formula is C14H17BrN2S. The second-order valence-electron chi connectivity index (χ2n) is 5.44. The lowest BCUT2D eigenvalue weighted by Crippen LogP contribution is -2.14. The number of rotatable bonds is 1. The normalized spacial score (nSPS) is 28.1. The van der Waals surface area contributed by atoms with Gasteiger partial charge in [0.15, 0.2) is 4.77 Å². The van der Waals surface area contributed by atoms with Crippen LogP contribution in [0.1, 0.15) is 32.7 Å². The van der Waals surface area contributed by atoms with Crippen molar-refractivity contribution in [1.29, 1.82) is 0 Å². The number of hydrogen-bond donors (Lipinski definition) is 1. The molecule has 0 bridgehead atoms. The fourth-order valence-corrected chi connectivity index (χ4v) is 3.84. The quantitative estimate of drug-likeness (QED) is 0.726. The number of aromatic amines is 1. The van der Waals surface area contributed by atoms with Gasteiger partial charge in [-0.2, -0.15) is 0 Å². The van der Waals surface area contributed by atoms with Crippen molar-refractivity contribution in [1.82, 2.24) is 9.55 Å². The standard InChI is InChI=1S/C14H17BrN2S/c1-8-3-5-12(9(8)2)17-13-6-4-10(15)7-11(13)16-14(17)18/h4,6-9,12H,3,5H2,1-2H3,(H,16,18). The topological polar surface area (TPSA) is 20.7 Å². The number of imidazole rings is 1. The van der Waals surface area contributed by atoms with Crippen molar-refractivity contribution in [3.05, 3.63) is 27.4 Å². The van der Waals surface area contributed by atoms with Gasteiger partial charge in [-0.05, 0) is 55.1 Å². The first kappa shape index (κ1) is 12.4. The highest BCUT2D eigenvalue weighted by Crippen LogP contribution is 2.41. The third kappa shape index (κ3) is 1.86. The van der Waals surface area contributed by atoms with Gasteiger partial charge in [-0.15, -0.1) is 0 Å². The fourth-order valence-electron chi connectivity index (χ4n) is 3.14. The Morgan fingerprint density at radius 1 is 1.33 bits per heavy atom. The number of nitrogens with one attached hydrogen (secondary N) is 1. The molecular weight excluding hydrogens is 308 g/mol. The molecule has 0 aliphatic heterocycles. The average molecular weight is 325 g/mol. The molecule has 3 atom stereocenters. The SMILES string of the molecule is CC1CCC(n2c(=S)[nH]c3cc(Br)ccc32)C1C. The van der Waals surface area contributed by atoms with Crippen LogP contribution < -0.4 is 0 Å². The summed E-state index contributed by atoms with van der Waals surface area (Å²) in [5.41, 5.74) is 2.36. The summed E-state index contributed by atoms with van der Waals surface area (Å²) in [7, 11) is 0. The Morgan fingerprint density at radius 2 is 2.11 bits per heavy atom. The van der Waals surface area contributed by atoms with E-state index in [-0.39, 0.29) is 0 Å². The summed E-state index contributed by atoms with van der Waals surface area (Å²) in [5.74, 6) is 1.48. The van der Waals surface area contributed by atoms with Crippen molar-refractivity contribution in [2.45, 2.75) is 32.7 Å². The summed E-state index contributed by atoms with van der Waals surface area (Å²) < 4.78 is 4.27. The highest BCUT2D eigenvalue weighted by Gasteiger charge is 2.32. The van der Waals surface area contributed by atoms with Crippen LogP contribution in [0.5, 0.6) is 0 Å². The molecule has 1 aromatic carbocycles. The highest BCUT2D eigenvalue weighted by molar-refractivity contribution is 9.10. The smallest absolute Gasteiger partial charge is 0.178 e. The van der Waals surface area contributed by atoms with E-state index < -0.39 is 0 Å². The van der Waals surface area contributed by atoms with Crippen molar-refractivity contribution in [3.8, 4) is 0 Å². The van der Waals surface area contributed by atoms with Crippen LogP contribution in [0.4, 0.5) is 0 Å². The largest absolute Gasteiger partial charge is 0.331 e. The van der Waals surface area contributed by atoms with Crippen LogP contribution in [0.3, 0.4) is 0 Å². The van der Waals surface area contributed by atoms with Crippen molar-refractivity contribution < 1.29 is 0 Å². The first-order valence-corrected chi connectivity index (χ1v) is 7.68. The predicted octanol–water partition coefficient (Wildman–Crippen LogP) is 5.07. The zero-order valence-electron chi connectivity index (χ0n) is 10.6. The molecule has 18 heavy (non-hydrogen) atoms. The highest BCUT2D eigenvalue weighted by atomic mass is 79.9. The number of nitrogens with zero attached hydrogens (tertiary/aromatic N) is 1. The van der Waals surface area contributed by atoms with E-state index in [0.717, 1.165) is 20.7 Å². The molecule has 1 fully saturated rings. The molecule has 2 nitrogen and oxygen atoms in total. The van der Waals surface area contributed by atoms with Gasteiger partial charge in [-0.25, -0.2) is 0 Å². The van der Waals surface area contributed by atoms with Gasteiger partial charge in [0.1, 0.15) is 0 Å². The van der Waals surface area contributed by atoms with E-state index in [1.54, 1.807) is 0 Å². The van der Waals surface area contributed by atoms with Gasteiger partial charge in [0.25, 0.3) is 0 Å². The van der Waals surface area contributed by atoms with Crippen molar-refractivity contribution in [2.75, 3.05) is 0 Å². The molecule has 4 heteroatoms. The Morgan fingerprint density at radius 3 is 2.78 bits per heavy atom. The Kier molecular flexibility index (Phi) is 3.10. The van der Waals surface area contributed by atoms with Gasteiger partial charge in [-0.1, -0.05) is 29.8 Å². The van der Waals surface area contributed by atoms with Crippen LogP contribution in [-0.2, 0) is 0 Å². The molecule has 0 radical (unpaired) electrons. The number of halogens is 1. The minimum Gasteiger partial charge on any atom is -0.331 e. The summed E-state index contributed by atoms with van der Waals surface area (Å²) in [6.07, 6.45) is 2.54. The third-order valence-corrected chi connectivity index (χ3v) is 5.22. The lowest BCUT2D eigenvalue weighted by atomic mass is 9.97. The van der Waals surface area contributed by atoms with Gasteiger partial charge in [0.2, 0.25) is 0 Å². The summed E-state index contributed by atoms with van der Waals surface area (Å²) in [6, 6.07) is 6.89. The fraction of sp³-hybridized carbons (Fsp3) is 0.500. The molecule has 0 spiro atoms. The summed E-state index contributed by atoms with van der Waals surface area (Å²) in [5, 5.41) is 0. The molecule has 1 heterocycles. The van der Waals surface area contributed by atoms with Crippen molar-refractivity contribution >= 4 is 39.2 Å². The molecule has 96 valence electrons. The van der Waals surface area contributed by atoms with E-state index in [0.29, 0.717) is 12.0 Å². The molecule has 0 amide bonds. The number of fused-ring (bicyclic) bond motifs is 1. The Hall–Kier alpha value is -0.610. The van der Waals surface area contributed by atoms with E-state index >= 15 is 0 Å². The summed E-state index contributed by atoms with van der Waals surface area (Å²) >= 11 is 9.02. The first-order chi connectivity index (χ1) is 8.58. The number of H-pyrrole nitrogens is 1. The van der Waals surface area contributed by atoms with Crippen LogP contribution >= 0.6 is 28.1 Å². The molecule has 2 aromatic rings. The van der Waals surface area contributed by atoms with Crippen LogP contribution in [0.2, 0.25) is 0 Å². The molecule has 1 aliphatic rings. The summed E-state index contributed by atoms with van der Waals surface area (Å²) in [6.45, 7) is 4.70. The Labute approximate surface area is 121 Å². The maximum Gasteiger partial charge on any atom is 0.178 e. The zero-order valence-corrected chi connectivity index (χ0v) is 13.0. The molecule has 3 unspecified atom stereocenters. The lowest BCUT2D eigenvalue weighted by Gasteiger charge is -2.20. The van der Waals surface area contributed by atoms with Crippen LogP contribution in [0, 0.1) is 16.6 Å². The van der Waals surface area contributed by atoms with Gasteiger partial charge >= 0.3 is 0 Å². The average Bonchev–Trinajstić information content (AvgIpc) is 2.80. The number of hydrogen-bond acceptors (Lipinski definition) is 1. The van der Waals surface area contributed by atoms with Gasteiger partial charge < -0.3 is 9.55 Å². The van der Waals surface area contributed by atoms with E-state index in [9.17, 15) is 0 Å². The van der Waals surface area contributed by atoms with Gasteiger partial charge in [-0.3, -0.25) is 0 Å². The van der Waals surface area contributed by atoms with Crippen LogP contribution in [-0.4, -0.2) is 9.55 Å². The maximum atomic E-state index is 5.52. The van der Waals surface area contributed by atoms with Gasteiger partial charge in [0, 0.05) is 10.5 Å². The summed E-state index contributed by atoms with van der Waals surface area (Å²) in [4.78, 5) is 3.33. The monoisotopic (exact) mass is 324 g/mol.